The predicted octanol–water partition coefficient (Wildman–Crippen LogP) is 3.73. The topological polar surface area (TPSA) is 68.5 Å². The lowest BCUT2D eigenvalue weighted by Gasteiger charge is -2.34. The molecule has 6 heteroatoms. The minimum Gasteiger partial charge on any atom is -0.456 e. The van der Waals surface area contributed by atoms with Crippen LogP contribution in [-0.2, 0) is 0 Å². The van der Waals surface area contributed by atoms with E-state index in [0.29, 0.717) is 34.5 Å². The molecule has 2 atom stereocenters. The lowest BCUT2D eigenvalue weighted by Crippen LogP contribution is -2.45. The van der Waals surface area contributed by atoms with E-state index in [1.807, 2.05) is 11.8 Å². The number of hydrogen-bond donors (Lipinski definition) is 1. The van der Waals surface area contributed by atoms with Crippen molar-refractivity contribution in [3.8, 4) is 11.5 Å². The highest BCUT2D eigenvalue weighted by Gasteiger charge is 2.26. The third-order valence-corrected chi connectivity index (χ3v) is 4.84. The molecule has 132 valence electrons. The van der Waals surface area contributed by atoms with Gasteiger partial charge in [-0.05, 0) is 56.0 Å². The summed E-state index contributed by atoms with van der Waals surface area (Å²) in [6.45, 7) is 3.46. The number of hydrogen-bond acceptors (Lipinski definition) is 4. The minimum atomic E-state index is -0.0114. The zero-order valence-corrected chi connectivity index (χ0v) is 14.9. The van der Waals surface area contributed by atoms with Crippen LogP contribution in [0.15, 0.2) is 42.7 Å². The maximum absolute atomic E-state index is 12.8. The third kappa shape index (κ3) is 4.30. The summed E-state index contributed by atoms with van der Waals surface area (Å²) in [7, 11) is 0. The molecule has 1 amide bonds. The SMILES string of the molecule is CC(N)C1CCCN(C(=O)c2ccc(Oc3ccncc3)c(Cl)c2)C1. The molecule has 1 saturated heterocycles. The van der Waals surface area contributed by atoms with Crippen LogP contribution in [0.2, 0.25) is 5.02 Å². The van der Waals surface area contributed by atoms with Crippen molar-refractivity contribution in [3.05, 3.63) is 53.3 Å². The van der Waals surface area contributed by atoms with Gasteiger partial charge in [0.15, 0.2) is 0 Å². The van der Waals surface area contributed by atoms with E-state index in [-0.39, 0.29) is 11.9 Å². The number of carbonyl (C=O) groups excluding carboxylic acids is 1. The number of piperidine rings is 1. The second-order valence-electron chi connectivity index (χ2n) is 6.44. The van der Waals surface area contributed by atoms with E-state index in [4.69, 9.17) is 22.1 Å². The molecule has 1 fully saturated rings. The van der Waals surface area contributed by atoms with E-state index in [1.165, 1.54) is 0 Å². The average Bonchev–Trinajstić information content (AvgIpc) is 2.64. The van der Waals surface area contributed by atoms with E-state index >= 15 is 0 Å². The van der Waals surface area contributed by atoms with Crippen LogP contribution < -0.4 is 10.5 Å². The summed E-state index contributed by atoms with van der Waals surface area (Å²) in [6, 6.07) is 8.73. The first-order valence-corrected chi connectivity index (χ1v) is 8.84. The summed E-state index contributed by atoms with van der Waals surface area (Å²) in [5.41, 5.74) is 6.57. The molecule has 0 aliphatic carbocycles. The molecule has 2 unspecified atom stereocenters. The van der Waals surface area contributed by atoms with Crippen LogP contribution in [0.3, 0.4) is 0 Å². The second-order valence-corrected chi connectivity index (χ2v) is 6.85. The van der Waals surface area contributed by atoms with Crippen molar-refractivity contribution in [1.29, 1.82) is 0 Å². The first-order valence-electron chi connectivity index (χ1n) is 8.47. The van der Waals surface area contributed by atoms with Crippen molar-refractivity contribution in [2.75, 3.05) is 13.1 Å². The number of halogens is 1. The van der Waals surface area contributed by atoms with Crippen LogP contribution in [0.5, 0.6) is 11.5 Å². The van der Waals surface area contributed by atoms with Gasteiger partial charge in [-0.15, -0.1) is 0 Å². The zero-order chi connectivity index (χ0) is 17.8. The smallest absolute Gasteiger partial charge is 0.253 e. The molecule has 1 aliphatic heterocycles. The number of rotatable bonds is 4. The molecule has 0 spiro atoms. The fraction of sp³-hybridized carbons (Fsp3) is 0.368. The van der Waals surface area contributed by atoms with Crippen molar-refractivity contribution >= 4 is 17.5 Å². The van der Waals surface area contributed by atoms with E-state index in [1.54, 1.807) is 42.7 Å². The third-order valence-electron chi connectivity index (χ3n) is 4.55. The Morgan fingerprint density at radius 3 is 2.80 bits per heavy atom. The second kappa shape index (κ2) is 7.85. The van der Waals surface area contributed by atoms with Crippen molar-refractivity contribution in [1.82, 2.24) is 9.88 Å². The Balaban J connectivity index is 1.72. The maximum Gasteiger partial charge on any atom is 0.253 e. The standard InChI is InChI=1S/C19H22ClN3O2/c1-13(21)15-3-2-10-23(12-15)19(24)14-4-5-18(17(20)11-14)25-16-6-8-22-9-7-16/h4-9,11,13,15H,2-3,10,12,21H2,1H3. The summed E-state index contributed by atoms with van der Waals surface area (Å²) < 4.78 is 5.72. The molecule has 3 rings (SSSR count). The molecule has 1 aliphatic rings. The van der Waals surface area contributed by atoms with Gasteiger partial charge in [-0.25, -0.2) is 0 Å². The Morgan fingerprint density at radius 2 is 2.12 bits per heavy atom. The molecule has 1 aromatic heterocycles. The monoisotopic (exact) mass is 359 g/mol. The quantitative estimate of drug-likeness (QED) is 0.903. The number of pyridine rings is 1. The Bertz CT molecular complexity index is 737. The van der Waals surface area contributed by atoms with Crippen molar-refractivity contribution in [2.24, 2.45) is 11.7 Å². The average molecular weight is 360 g/mol. The number of nitrogens with zero attached hydrogens (tertiary/aromatic N) is 2. The summed E-state index contributed by atoms with van der Waals surface area (Å²) in [4.78, 5) is 18.6. The molecule has 0 saturated carbocycles. The van der Waals surface area contributed by atoms with E-state index in [9.17, 15) is 4.79 Å². The highest BCUT2D eigenvalue weighted by Crippen LogP contribution is 2.30. The number of carbonyl (C=O) groups is 1. The summed E-state index contributed by atoms with van der Waals surface area (Å²) in [6.07, 6.45) is 5.34. The molecular weight excluding hydrogens is 338 g/mol. The van der Waals surface area contributed by atoms with Crippen LogP contribution in [0, 0.1) is 5.92 Å². The van der Waals surface area contributed by atoms with Crippen LogP contribution in [0.25, 0.3) is 0 Å². The molecule has 25 heavy (non-hydrogen) atoms. The highest BCUT2D eigenvalue weighted by molar-refractivity contribution is 6.32. The van der Waals surface area contributed by atoms with Gasteiger partial charge in [0.1, 0.15) is 11.5 Å². The number of benzene rings is 1. The first kappa shape index (κ1) is 17.7. The molecular formula is C19H22ClN3O2. The Kier molecular flexibility index (Phi) is 5.56. The summed E-state index contributed by atoms with van der Waals surface area (Å²) in [5, 5.41) is 0.406. The lowest BCUT2D eigenvalue weighted by atomic mass is 9.92. The Hall–Kier alpha value is -2.11. The first-order chi connectivity index (χ1) is 12.0. The van der Waals surface area contributed by atoms with Gasteiger partial charge < -0.3 is 15.4 Å². The van der Waals surface area contributed by atoms with Crippen LogP contribution in [0.1, 0.15) is 30.1 Å². The fourth-order valence-electron chi connectivity index (χ4n) is 3.06. The van der Waals surface area contributed by atoms with Gasteiger partial charge in [0, 0.05) is 37.1 Å². The normalized spacial score (nSPS) is 18.7. The van der Waals surface area contributed by atoms with Gasteiger partial charge in [0.25, 0.3) is 5.91 Å². The Labute approximate surface area is 152 Å². The van der Waals surface area contributed by atoms with Crippen LogP contribution in [-0.4, -0.2) is 34.9 Å². The fourth-order valence-corrected chi connectivity index (χ4v) is 3.28. The van der Waals surface area contributed by atoms with Crippen LogP contribution >= 0.6 is 11.6 Å². The molecule has 2 heterocycles. The highest BCUT2D eigenvalue weighted by atomic mass is 35.5. The predicted molar refractivity (Wildman–Crippen MR) is 98.0 cm³/mol. The van der Waals surface area contributed by atoms with Crippen molar-refractivity contribution in [3.63, 3.8) is 0 Å². The van der Waals surface area contributed by atoms with Crippen molar-refractivity contribution in [2.45, 2.75) is 25.8 Å². The summed E-state index contributed by atoms with van der Waals surface area (Å²) >= 11 is 6.31. The molecule has 0 bridgehead atoms. The zero-order valence-electron chi connectivity index (χ0n) is 14.2. The molecule has 5 nitrogen and oxygen atoms in total. The minimum absolute atomic E-state index is 0.0114. The number of likely N-dealkylation sites (tertiary alicyclic amines) is 1. The van der Waals surface area contributed by atoms with Gasteiger partial charge in [0.05, 0.1) is 5.02 Å². The van der Waals surface area contributed by atoms with Crippen molar-refractivity contribution < 1.29 is 9.53 Å². The number of ether oxygens (including phenoxy) is 1. The van der Waals surface area contributed by atoms with Gasteiger partial charge in [0.2, 0.25) is 0 Å². The number of aromatic nitrogens is 1. The molecule has 0 radical (unpaired) electrons. The lowest BCUT2D eigenvalue weighted by molar-refractivity contribution is 0.0661. The summed E-state index contributed by atoms with van der Waals surface area (Å²) in [5.74, 6) is 1.49. The van der Waals surface area contributed by atoms with E-state index in [0.717, 1.165) is 19.4 Å². The Morgan fingerprint density at radius 1 is 1.36 bits per heavy atom. The molecule has 2 N–H and O–H groups in total. The molecule has 1 aromatic carbocycles. The van der Waals surface area contributed by atoms with Crippen LogP contribution in [0.4, 0.5) is 0 Å². The maximum atomic E-state index is 12.8. The van der Waals surface area contributed by atoms with Gasteiger partial charge in [-0.2, -0.15) is 0 Å². The van der Waals surface area contributed by atoms with Gasteiger partial charge in [-0.3, -0.25) is 9.78 Å². The van der Waals surface area contributed by atoms with E-state index in [2.05, 4.69) is 4.98 Å². The van der Waals surface area contributed by atoms with Gasteiger partial charge in [-0.1, -0.05) is 11.6 Å². The molecule has 2 aromatic rings. The largest absolute Gasteiger partial charge is 0.456 e. The number of nitrogens with two attached hydrogens (primary N) is 1. The van der Waals surface area contributed by atoms with E-state index < -0.39 is 0 Å². The number of amides is 1. The van der Waals surface area contributed by atoms with Gasteiger partial charge >= 0.3 is 0 Å².